The molecule has 0 bridgehead atoms. The molecule has 0 saturated heterocycles. The fourth-order valence-corrected chi connectivity index (χ4v) is 0. The van der Waals surface area contributed by atoms with Crippen molar-refractivity contribution >= 4 is 16.5 Å². The van der Waals surface area contributed by atoms with E-state index >= 15 is 0 Å². The van der Waals surface area contributed by atoms with Crippen molar-refractivity contribution in [3.05, 3.63) is 0 Å². The third kappa shape index (κ3) is 611. The van der Waals surface area contributed by atoms with Gasteiger partial charge in [0.15, 0.2) is 0 Å². The molecule has 0 N–H and O–H groups in total. The summed E-state index contributed by atoms with van der Waals surface area (Å²) in [5.41, 5.74) is 0. The van der Waals surface area contributed by atoms with Crippen molar-refractivity contribution in [2.75, 3.05) is 0 Å². The van der Waals surface area contributed by atoms with Gasteiger partial charge in [-0.15, -0.1) is 0 Å². The second kappa shape index (κ2) is 11.6. The molecule has 0 aromatic carbocycles. The summed E-state index contributed by atoms with van der Waals surface area (Å²) in [6, 6.07) is 0. The predicted molar refractivity (Wildman–Crippen MR) is 18.0 cm³/mol. The van der Waals surface area contributed by atoms with E-state index in [9.17, 15) is 0 Å². The van der Waals surface area contributed by atoms with Gasteiger partial charge >= 0.3 is 17.1 Å². The van der Waals surface area contributed by atoms with Gasteiger partial charge in [-0.3, -0.25) is 0 Å². The molecule has 0 atom stereocenters. The minimum Gasteiger partial charge on any atom is -0.813 e. The van der Waals surface area contributed by atoms with E-state index in [1.807, 2.05) is 0 Å². The molecular formula is H2FeO6P2. The van der Waals surface area contributed by atoms with Gasteiger partial charge in [0.05, 0.1) is 0 Å². The van der Waals surface area contributed by atoms with Crippen LogP contribution in [-0.2, 0) is 26.2 Å². The predicted octanol–water partition coefficient (Wildman–Crippen LogP) is -3.81. The maximum absolute atomic E-state index is 8.52. The van der Waals surface area contributed by atoms with E-state index in [0.717, 1.165) is 0 Å². The van der Waals surface area contributed by atoms with Gasteiger partial charge < -0.3 is 28.7 Å². The molecule has 0 heterocycles. The van der Waals surface area contributed by atoms with E-state index in [4.69, 9.17) is 28.7 Å². The molecule has 0 aliphatic carbocycles. The van der Waals surface area contributed by atoms with Crippen molar-refractivity contribution in [2.24, 2.45) is 0 Å². The van der Waals surface area contributed by atoms with Gasteiger partial charge in [0.25, 0.3) is 0 Å². The molecular weight excluding hydrogens is 214 g/mol. The van der Waals surface area contributed by atoms with Gasteiger partial charge in [0, 0.05) is 0 Å². The normalized spacial score (nSPS) is 7.78. The maximum atomic E-state index is 8.52. The standard InChI is InChI=1S/Fe.2H3O3P/c;2*1-4(2)3/h;2*4H,(H2,1,2,3)/q+4;;/p-4. The Hall–Kier alpha value is 0.819. The van der Waals surface area contributed by atoms with Gasteiger partial charge in [0.1, 0.15) is 0 Å². The summed E-state index contributed by atoms with van der Waals surface area (Å²) in [4.78, 5) is 34.1. The summed E-state index contributed by atoms with van der Waals surface area (Å²) in [6.07, 6.45) is 0. The average molecular weight is 216 g/mol. The molecule has 0 saturated carbocycles. The Labute approximate surface area is 62.9 Å². The van der Waals surface area contributed by atoms with Crippen LogP contribution in [0.15, 0.2) is 0 Å². The SMILES string of the molecule is O=[PH]([O-])[O-].O=[PH]([O-])[O-].[Fe+4]. The Morgan fingerprint density at radius 1 is 0.778 bits per heavy atom. The van der Waals surface area contributed by atoms with Crippen LogP contribution in [0.4, 0.5) is 0 Å². The van der Waals surface area contributed by atoms with Crippen LogP contribution < -0.4 is 19.6 Å². The summed E-state index contributed by atoms with van der Waals surface area (Å²) < 4.78 is 17.0. The van der Waals surface area contributed by atoms with Crippen LogP contribution in [-0.4, -0.2) is 0 Å². The number of hydrogen-bond donors (Lipinski definition) is 0. The molecule has 0 spiro atoms. The van der Waals surface area contributed by atoms with Crippen LogP contribution >= 0.6 is 16.5 Å². The van der Waals surface area contributed by atoms with Crippen LogP contribution in [0.5, 0.6) is 0 Å². The van der Waals surface area contributed by atoms with E-state index in [1.165, 1.54) is 0 Å². The molecule has 9 heteroatoms. The van der Waals surface area contributed by atoms with E-state index in [-0.39, 0.29) is 17.1 Å². The zero-order valence-corrected chi connectivity index (χ0v) is 6.91. The zero-order chi connectivity index (χ0) is 7.15. The van der Waals surface area contributed by atoms with Gasteiger partial charge in [-0.1, -0.05) is 16.5 Å². The molecule has 0 rings (SSSR count). The van der Waals surface area contributed by atoms with Crippen molar-refractivity contribution in [2.45, 2.75) is 0 Å². The minimum absolute atomic E-state index is 0. The quantitative estimate of drug-likeness (QED) is 0.301. The van der Waals surface area contributed by atoms with Gasteiger partial charge in [-0.05, 0) is 0 Å². The molecule has 0 fully saturated rings. The van der Waals surface area contributed by atoms with Crippen molar-refractivity contribution in [3.63, 3.8) is 0 Å². The maximum Gasteiger partial charge on any atom is 4.00 e. The summed E-state index contributed by atoms with van der Waals surface area (Å²) in [6.45, 7) is 0. The second-order valence-electron chi connectivity index (χ2n) is 0.500. The number of rotatable bonds is 0. The first-order valence-corrected chi connectivity index (χ1v) is 3.67. The van der Waals surface area contributed by atoms with Crippen LogP contribution in [0.3, 0.4) is 0 Å². The third-order valence-electron chi connectivity index (χ3n) is 0. The van der Waals surface area contributed by atoms with Crippen LogP contribution in [0.2, 0.25) is 0 Å². The molecule has 0 aliphatic heterocycles. The van der Waals surface area contributed by atoms with Gasteiger partial charge in [0.2, 0.25) is 0 Å². The molecule has 0 radical (unpaired) electrons. The summed E-state index contributed by atoms with van der Waals surface area (Å²) in [5.74, 6) is 0. The molecule has 0 aliphatic rings. The van der Waals surface area contributed by atoms with Gasteiger partial charge in [-0.25, -0.2) is 0 Å². The van der Waals surface area contributed by atoms with Crippen molar-refractivity contribution in [1.82, 2.24) is 0 Å². The first-order valence-electron chi connectivity index (χ1n) is 1.22. The fraction of sp³-hybridized carbons (Fsp3) is 0. The molecule has 0 unspecified atom stereocenters. The Morgan fingerprint density at radius 3 is 0.778 bits per heavy atom. The van der Waals surface area contributed by atoms with E-state index in [1.54, 1.807) is 0 Å². The topological polar surface area (TPSA) is 126 Å². The molecule has 6 nitrogen and oxygen atoms in total. The smallest absolute Gasteiger partial charge is 0.813 e. The first-order chi connectivity index (χ1) is 3.46. The summed E-state index contributed by atoms with van der Waals surface area (Å²) in [7, 11) is -7.26. The van der Waals surface area contributed by atoms with Crippen molar-refractivity contribution in [1.29, 1.82) is 0 Å². The van der Waals surface area contributed by atoms with Crippen LogP contribution in [0.1, 0.15) is 0 Å². The average Bonchev–Trinajstić information content (AvgIpc) is 1.25. The van der Waals surface area contributed by atoms with Crippen LogP contribution in [0, 0.1) is 0 Å². The van der Waals surface area contributed by atoms with E-state index in [0.29, 0.717) is 0 Å². The third-order valence-corrected chi connectivity index (χ3v) is 0. The Balaban J connectivity index is -0.0000000720. The first kappa shape index (κ1) is 16.4. The zero-order valence-electron chi connectivity index (χ0n) is 3.80. The van der Waals surface area contributed by atoms with Crippen LogP contribution in [0.25, 0.3) is 0 Å². The summed E-state index contributed by atoms with van der Waals surface area (Å²) in [5, 5.41) is 0. The number of hydrogen-bond acceptors (Lipinski definition) is 6. The Bertz CT molecular complexity index is 69.1. The second-order valence-corrected chi connectivity index (χ2v) is 1.50. The molecule has 0 amide bonds. The molecule has 9 heavy (non-hydrogen) atoms. The van der Waals surface area contributed by atoms with Gasteiger partial charge in [-0.2, -0.15) is 0 Å². The minimum atomic E-state index is -3.63. The monoisotopic (exact) mass is 216 g/mol. The van der Waals surface area contributed by atoms with E-state index < -0.39 is 16.5 Å². The molecule has 0 aromatic heterocycles. The largest absolute Gasteiger partial charge is 4.00 e. The summed E-state index contributed by atoms with van der Waals surface area (Å²) >= 11 is 0. The fourth-order valence-electron chi connectivity index (χ4n) is 0. The Morgan fingerprint density at radius 2 is 0.778 bits per heavy atom. The molecule has 56 valence electrons. The van der Waals surface area contributed by atoms with E-state index in [2.05, 4.69) is 0 Å². The van der Waals surface area contributed by atoms with Crippen molar-refractivity contribution < 1.29 is 45.8 Å². The molecule has 0 aromatic rings. The van der Waals surface area contributed by atoms with Crippen molar-refractivity contribution in [3.8, 4) is 0 Å². The Kier molecular flexibility index (Phi) is 21.2.